The fourth-order valence-electron chi connectivity index (χ4n) is 7.14. The van der Waals surface area contributed by atoms with Gasteiger partial charge in [0.05, 0.1) is 39.3 Å². The molecule has 0 unspecified atom stereocenters. The zero-order chi connectivity index (χ0) is 41.3. The molecule has 14 nitrogen and oxygen atoms in total. The molecule has 14 heteroatoms. The molecule has 0 radical (unpaired) electrons. The fraction of sp³-hybridized carbons (Fsp3) is 0.455. The summed E-state index contributed by atoms with van der Waals surface area (Å²) in [6, 6.07) is 16.5. The number of methoxy groups -OCH3 is 2. The zero-order valence-electron chi connectivity index (χ0n) is 33.5. The van der Waals surface area contributed by atoms with E-state index in [2.05, 4.69) is 48.7 Å². The highest BCUT2D eigenvalue weighted by Crippen LogP contribution is 2.46. The van der Waals surface area contributed by atoms with E-state index >= 15 is 0 Å². The van der Waals surface area contributed by atoms with Crippen molar-refractivity contribution in [3.05, 3.63) is 93.0 Å². The minimum atomic E-state index is -1.05. The van der Waals surface area contributed by atoms with E-state index in [9.17, 15) is 19.8 Å². The lowest BCUT2D eigenvalue weighted by Crippen LogP contribution is -2.28. The minimum Gasteiger partial charge on any atom is -0.481 e. The molecule has 0 bridgehead atoms. The number of carbonyl (C=O) groups is 2. The van der Waals surface area contributed by atoms with Crippen LogP contribution in [-0.4, -0.2) is 81.8 Å². The van der Waals surface area contributed by atoms with Gasteiger partial charge in [0.15, 0.2) is 0 Å². The Morgan fingerprint density at radius 1 is 0.655 bits per heavy atom. The Labute approximate surface area is 338 Å². The predicted molar refractivity (Wildman–Crippen MR) is 215 cm³/mol. The molecule has 58 heavy (non-hydrogen) atoms. The number of nitrogens with zero attached hydrogens (tertiary/aromatic N) is 2. The van der Waals surface area contributed by atoms with Crippen LogP contribution in [0.1, 0.15) is 94.9 Å². The van der Waals surface area contributed by atoms with Crippen LogP contribution >= 0.6 is 0 Å². The second-order valence-electron chi connectivity index (χ2n) is 15.2. The normalized spacial score (nSPS) is 14.8. The summed E-state index contributed by atoms with van der Waals surface area (Å²) in [4.78, 5) is 31.4. The Hall–Kier alpha value is -5.28. The van der Waals surface area contributed by atoms with Crippen molar-refractivity contribution in [2.24, 2.45) is 0 Å². The summed E-state index contributed by atoms with van der Waals surface area (Å²) in [6.07, 6.45) is 1.51. The van der Waals surface area contributed by atoms with Gasteiger partial charge in [-0.1, -0.05) is 36.4 Å². The fourth-order valence-corrected chi connectivity index (χ4v) is 7.14. The van der Waals surface area contributed by atoms with Crippen LogP contribution in [0.15, 0.2) is 48.5 Å². The van der Waals surface area contributed by atoms with Crippen molar-refractivity contribution in [2.45, 2.75) is 103 Å². The maximum atomic E-state index is 10.9. The lowest BCUT2D eigenvalue weighted by atomic mass is 9.92. The van der Waals surface area contributed by atoms with Crippen molar-refractivity contribution in [1.29, 1.82) is 0 Å². The molecule has 310 valence electrons. The lowest BCUT2D eigenvalue weighted by Gasteiger charge is -2.19. The SMILES string of the molecule is COc1nc(OCc2cccc(-c3cccc(COc4nc(OC)c(CNC[C@H](O)CC(=O)O)cc4C4CC4)c3C)c2C)c(C2CC2)cc1CNC[C@H](O)CC(=O)O. The highest BCUT2D eigenvalue weighted by molar-refractivity contribution is 5.72. The van der Waals surface area contributed by atoms with Gasteiger partial charge in [-0.2, -0.15) is 9.97 Å². The predicted octanol–water partition coefficient (Wildman–Crippen LogP) is 5.54. The monoisotopic (exact) mass is 798 g/mol. The molecule has 2 aromatic heterocycles. The number of pyridine rings is 2. The van der Waals surface area contributed by atoms with Crippen LogP contribution < -0.4 is 29.6 Å². The average Bonchev–Trinajstić information content (AvgIpc) is 4.12. The number of ether oxygens (including phenoxy) is 4. The molecule has 2 heterocycles. The highest BCUT2D eigenvalue weighted by atomic mass is 16.5. The number of hydrogen-bond acceptors (Lipinski definition) is 12. The lowest BCUT2D eigenvalue weighted by molar-refractivity contribution is -0.140. The first-order valence-corrected chi connectivity index (χ1v) is 19.7. The number of hydrogen-bond donors (Lipinski definition) is 6. The van der Waals surface area contributed by atoms with Gasteiger partial charge in [0.25, 0.3) is 0 Å². The second-order valence-corrected chi connectivity index (χ2v) is 15.2. The van der Waals surface area contributed by atoms with E-state index in [0.717, 1.165) is 81.3 Å². The van der Waals surface area contributed by atoms with Crippen LogP contribution in [0.2, 0.25) is 0 Å². The van der Waals surface area contributed by atoms with Crippen molar-refractivity contribution >= 4 is 11.9 Å². The Balaban J connectivity index is 1.15. The molecule has 2 saturated carbocycles. The van der Waals surface area contributed by atoms with Crippen LogP contribution in [0.5, 0.6) is 23.5 Å². The van der Waals surface area contributed by atoms with Gasteiger partial charge in [-0.25, -0.2) is 0 Å². The number of rotatable bonds is 23. The molecule has 0 spiro atoms. The van der Waals surface area contributed by atoms with Gasteiger partial charge < -0.3 is 50.0 Å². The third kappa shape index (κ3) is 11.0. The molecule has 2 aliphatic carbocycles. The number of carboxylic acid groups (broad SMARTS) is 2. The Kier molecular flexibility index (Phi) is 14.2. The molecule has 6 N–H and O–H groups in total. The van der Waals surface area contributed by atoms with Crippen molar-refractivity contribution in [3.63, 3.8) is 0 Å². The summed E-state index contributed by atoms with van der Waals surface area (Å²) in [5.41, 5.74) is 10.0. The number of nitrogens with one attached hydrogen (secondary N) is 2. The number of aromatic nitrogens is 2. The van der Waals surface area contributed by atoms with Crippen molar-refractivity contribution in [3.8, 4) is 34.6 Å². The van der Waals surface area contributed by atoms with Gasteiger partial charge in [0.1, 0.15) is 13.2 Å². The van der Waals surface area contributed by atoms with Gasteiger partial charge in [0.2, 0.25) is 23.5 Å². The van der Waals surface area contributed by atoms with Crippen LogP contribution in [0, 0.1) is 13.8 Å². The number of aliphatic hydroxyl groups is 2. The molecule has 2 aromatic carbocycles. The standard InChI is InChI=1S/C44H54N4O10/c1-25-29(23-57-43-37(27-11-12-27)15-31(41(47-43)55-3)19-45-21-33(49)17-39(51)52)7-5-9-35(25)36-10-6-8-30(26(36)2)24-58-44-38(28-13-14-28)16-32(42(48-44)56-4)20-46-22-34(50)18-40(53)54/h5-10,15-16,27-28,33-34,45-46,49-50H,11-14,17-24H2,1-4H3,(H,51,52)(H,53,54)/t33-,34-/m1/s1. The quantitative estimate of drug-likeness (QED) is 0.0546. The van der Waals surface area contributed by atoms with E-state index in [-0.39, 0.29) is 25.9 Å². The van der Waals surface area contributed by atoms with E-state index in [0.29, 0.717) is 61.7 Å². The van der Waals surface area contributed by atoms with Crippen LogP contribution in [0.4, 0.5) is 0 Å². The maximum Gasteiger partial charge on any atom is 0.306 e. The number of aliphatic carboxylic acids is 2. The molecule has 2 aliphatic rings. The minimum absolute atomic E-state index is 0.131. The van der Waals surface area contributed by atoms with E-state index < -0.39 is 24.1 Å². The molecular formula is C44H54N4O10. The van der Waals surface area contributed by atoms with Gasteiger partial charge in [0, 0.05) is 48.4 Å². The first-order valence-electron chi connectivity index (χ1n) is 19.7. The molecule has 6 rings (SSSR count). The van der Waals surface area contributed by atoms with Gasteiger partial charge in [-0.15, -0.1) is 0 Å². The molecular weight excluding hydrogens is 745 g/mol. The van der Waals surface area contributed by atoms with E-state index in [1.54, 1.807) is 14.2 Å². The smallest absolute Gasteiger partial charge is 0.306 e. The average molecular weight is 799 g/mol. The number of carboxylic acids is 2. The topological polar surface area (TPSA) is 202 Å². The summed E-state index contributed by atoms with van der Waals surface area (Å²) in [5.74, 6) is 0.468. The molecule has 4 aromatic rings. The molecule has 2 fully saturated rings. The van der Waals surface area contributed by atoms with Gasteiger partial charge >= 0.3 is 11.9 Å². The van der Waals surface area contributed by atoms with Gasteiger partial charge in [-0.05, 0) is 96.9 Å². The van der Waals surface area contributed by atoms with Crippen LogP contribution in [0.25, 0.3) is 11.1 Å². The van der Waals surface area contributed by atoms with E-state index in [1.165, 1.54) is 0 Å². The molecule has 0 amide bonds. The molecule has 0 saturated heterocycles. The Bertz CT molecular complexity index is 1940. The highest BCUT2D eigenvalue weighted by Gasteiger charge is 2.31. The van der Waals surface area contributed by atoms with Crippen molar-refractivity contribution < 1.29 is 49.0 Å². The van der Waals surface area contributed by atoms with Gasteiger partial charge in [-0.3, -0.25) is 9.59 Å². The molecule has 2 atom stereocenters. The third-order valence-electron chi connectivity index (χ3n) is 10.7. The first kappa shape index (κ1) is 42.3. The zero-order valence-corrected chi connectivity index (χ0v) is 33.5. The molecule has 0 aliphatic heterocycles. The second kappa shape index (κ2) is 19.4. The van der Waals surface area contributed by atoms with Crippen LogP contribution in [0.3, 0.4) is 0 Å². The van der Waals surface area contributed by atoms with Crippen molar-refractivity contribution in [1.82, 2.24) is 20.6 Å². The summed E-state index contributed by atoms with van der Waals surface area (Å²) in [5, 5.41) is 44.1. The summed E-state index contributed by atoms with van der Waals surface area (Å²) >= 11 is 0. The number of aliphatic hydroxyl groups excluding tert-OH is 2. The first-order chi connectivity index (χ1) is 27.9. The number of benzene rings is 2. The summed E-state index contributed by atoms with van der Waals surface area (Å²) in [6.45, 7) is 5.79. The van der Waals surface area contributed by atoms with Crippen molar-refractivity contribution in [2.75, 3.05) is 27.3 Å². The third-order valence-corrected chi connectivity index (χ3v) is 10.7. The Morgan fingerprint density at radius 2 is 1.05 bits per heavy atom. The largest absolute Gasteiger partial charge is 0.481 e. The van der Waals surface area contributed by atoms with Crippen LogP contribution in [-0.2, 0) is 35.9 Å². The summed E-state index contributed by atoms with van der Waals surface area (Å²) < 4.78 is 24.1. The maximum absolute atomic E-state index is 10.9. The Morgan fingerprint density at radius 3 is 1.40 bits per heavy atom. The van der Waals surface area contributed by atoms with E-state index in [1.807, 2.05) is 24.3 Å². The summed E-state index contributed by atoms with van der Waals surface area (Å²) in [7, 11) is 3.11. The van der Waals surface area contributed by atoms with E-state index in [4.69, 9.17) is 39.1 Å².